The van der Waals surface area contributed by atoms with Gasteiger partial charge >= 0.3 is 0 Å². The lowest BCUT2D eigenvalue weighted by Gasteiger charge is -2.09. The fourth-order valence-electron chi connectivity index (χ4n) is 1.46. The van der Waals surface area contributed by atoms with E-state index in [1.54, 1.807) is 12.1 Å². The summed E-state index contributed by atoms with van der Waals surface area (Å²) in [7, 11) is 0. The zero-order valence-electron chi connectivity index (χ0n) is 9.29. The van der Waals surface area contributed by atoms with Crippen molar-refractivity contribution in [2.45, 2.75) is 0 Å². The number of nitrogens with one attached hydrogen (secondary N) is 1. The molecule has 0 aliphatic rings. The van der Waals surface area contributed by atoms with Crippen LogP contribution in [0.25, 0.3) is 0 Å². The van der Waals surface area contributed by atoms with Gasteiger partial charge in [0.2, 0.25) is 0 Å². The number of benzene rings is 2. The Hall–Kier alpha value is -2.27. The third-order valence-electron chi connectivity index (χ3n) is 2.35. The highest BCUT2D eigenvalue weighted by molar-refractivity contribution is 7.81. The number of anilines is 1. The van der Waals surface area contributed by atoms with Crippen LogP contribution < -0.4 is 5.32 Å². The van der Waals surface area contributed by atoms with Crippen molar-refractivity contribution in [3.8, 4) is 17.2 Å². The molecule has 0 fully saturated rings. The van der Waals surface area contributed by atoms with Crippen molar-refractivity contribution in [2.75, 3.05) is 5.32 Å². The van der Waals surface area contributed by atoms with E-state index in [4.69, 9.17) is 17.3 Å². The van der Waals surface area contributed by atoms with Gasteiger partial charge in [0, 0.05) is 11.8 Å². The number of rotatable bonds is 2. The molecule has 2 aromatic rings. The third-order valence-corrected chi connectivity index (χ3v) is 2.67. The van der Waals surface area contributed by atoms with Crippen LogP contribution in [0.2, 0.25) is 0 Å². The third kappa shape index (κ3) is 2.70. The predicted molar refractivity (Wildman–Crippen MR) is 73.2 cm³/mol. The molecule has 4 nitrogen and oxygen atoms in total. The summed E-state index contributed by atoms with van der Waals surface area (Å²) in [4.78, 5) is 0.332. The van der Waals surface area contributed by atoms with Crippen molar-refractivity contribution in [3.63, 3.8) is 0 Å². The van der Waals surface area contributed by atoms with E-state index < -0.39 is 0 Å². The van der Waals surface area contributed by atoms with Gasteiger partial charge in [-0.15, -0.1) is 0 Å². The lowest BCUT2D eigenvalue weighted by atomic mass is 10.2. The number of hydrogen-bond acceptors (Lipinski definition) is 4. The average molecular weight is 261 g/mol. The Bertz CT molecular complexity index is 581. The van der Waals surface area contributed by atoms with Gasteiger partial charge in [0.05, 0.1) is 5.56 Å². The van der Waals surface area contributed by atoms with Crippen LogP contribution in [0.3, 0.4) is 0 Å². The maximum atomic E-state index is 9.66. The Morgan fingerprint density at radius 2 is 1.50 bits per heavy atom. The van der Waals surface area contributed by atoms with Crippen molar-refractivity contribution in [3.05, 3.63) is 48.0 Å². The molecule has 5 heteroatoms. The highest BCUT2D eigenvalue weighted by Crippen LogP contribution is 2.24. The summed E-state index contributed by atoms with van der Waals surface area (Å²) in [6.07, 6.45) is 0. The molecule has 0 aromatic heterocycles. The van der Waals surface area contributed by atoms with E-state index in [2.05, 4.69) is 5.32 Å². The predicted octanol–water partition coefficient (Wildman–Crippen LogP) is 2.59. The van der Waals surface area contributed by atoms with Crippen LogP contribution in [0.4, 0.5) is 5.69 Å². The second-order valence-electron chi connectivity index (χ2n) is 3.70. The van der Waals surface area contributed by atoms with Crippen LogP contribution in [-0.4, -0.2) is 20.3 Å². The first kappa shape index (κ1) is 12.2. The van der Waals surface area contributed by atoms with Crippen molar-refractivity contribution in [1.29, 1.82) is 0 Å². The van der Waals surface area contributed by atoms with Crippen molar-refractivity contribution < 1.29 is 15.3 Å². The van der Waals surface area contributed by atoms with E-state index >= 15 is 0 Å². The topological polar surface area (TPSA) is 72.7 Å². The van der Waals surface area contributed by atoms with Crippen molar-refractivity contribution >= 4 is 22.9 Å². The smallest absolute Gasteiger partial charge is 0.129 e. The number of phenols is 3. The Kier molecular flexibility index (Phi) is 3.34. The van der Waals surface area contributed by atoms with Gasteiger partial charge < -0.3 is 20.6 Å². The fourth-order valence-corrected chi connectivity index (χ4v) is 1.75. The molecule has 0 aliphatic carbocycles. The van der Waals surface area contributed by atoms with E-state index in [0.29, 0.717) is 16.2 Å². The summed E-state index contributed by atoms with van der Waals surface area (Å²) in [6, 6.07) is 10.6. The highest BCUT2D eigenvalue weighted by Gasteiger charge is 2.08. The Morgan fingerprint density at radius 3 is 2.11 bits per heavy atom. The lowest BCUT2D eigenvalue weighted by molar-refractivity contribution is 0.450. The zero-order valence-corrected chi connectivity index (χ0v) is 10.1. The van der Waals surface area contributed by atoms with E-state index in [1.165, 1.54) is 30.3 Å². The van der Waals surface area contributed by atoms with Gasteiger partial charge in [0.25, 0.3) is 0 Å². The normalized spacial score (nSPS) is 10.0. The summed E-state index contributed by atoms with van der Waals surface area (Å²) in [6.45, 7) is 0. The van der Waals surface area contributed by atoms with Gasteiger partial charge in [0.15, 0.2) is 0 Å². The fraction of sp³-hybridized carbons (Fsp3) is 0. The second-order valence-corrected chi connectivity index (χ2v) is 4.11. The maximum absolute atomic E-state index is 9.66. The van der Waals surface area contributed by atoms with E-state index in [9.17, 15) is 10.2 Å². The average Bonchev–Trinajstić information content (AvgIpc) is 2.32. The standard InChI is InChI=1S/C13H11NO3S/c15-9-3-1-8(2-4-9)14-13(18)11-6-5-10(16)7-12(11)17/h1-7,15-17H,(H,14,18). The van der Waals surface area contributed by atoms with Crippen molar-refractivity contribution in [2.24, 2.45) is 0 Å². The first-order valence-corrected chi connectivity index (χ1v) is 5.59. The molecule has 18 heavy (non-hydrogen) atoms. The Morgan fingerprint density at radius 1 is 0.889 bits per heavy atom. The number of hydrogen-bond donors (Lipinski definition) is 4. The second kappa shape index (κ2) is 4.93. The van der Waals surface area contributed by atoms with Crippen LogP contribution >= 0.6 is 12.2 Å². The van der Waals surface area contributed by atoms with E-state index in [-0.39, 0.29) is 17.2 Å². The molecule has 0 amide bonds. The van der Waals surface area contributed by atoms with Gasteiger partial charge in [0.1, 0.15) is 22.2 Å². The highest BCUT2D eigenvalue weighted by atomic mass is 32.1. The van der Waals surface area contributed by atoms with Gasteiger partial charge in [-0.05, 0) is 36.4 Å². The van der Waals surface area contributed by atoms with Crippen LogP contribution in [-0.2, 0) is 0 Å². The van der Waals surface area contributed by atoms with Gasteiger partial charge in [-0.25, -0.2) is 0 Å². The summed E-state index contributed by atoms with van der Waals surface area (Å²) >= 11 is 5.15. The summed E-state index contributed by atoms with van der Waals surface area (Å²) in [5.74, 6) is 0.0499. The lowest BCUT2D eigenvalue weighted by Crippen LogP contribution is -2.10. The molecule has 0 unspecified atom stereocenters. The molecule has 0 atom stereocenters. The molecule has 0 aliphatic heterocycles. The van der Waals surface area contributed by atoms with Crippen LogP contribution in [0.15, 0.2) is 42.5 Å². The summed E-state index contributed by atoms with van der Waals surface area (Å²) in [5.41, 5.74) is 1.13. The molecule has 0 bridgehead atoms. The molecule has 92 valence electrons. The van der Waals surface area contributed by atoms with Crippen LogP contribution in [0, 0.1) is 0 Å². The maximum Gasteiger partial charge on any atom is 0.129 e. The molecule has 0 saturated heterocycles. The minimum absolute atomic E-state index is 0.0244. The zero-order chi connectivity index (χ0) is 13.1. The first-order valence-electron chi connectivity index (χ1n) is 5.18. The number of aromatic hydroxyl groups is 3. The minimum Gasteiger partial charge on any atom is -0.508 e. The molecule has 0 radical (unpaired) electrons. The molecule has 2 rings (SSSR count). The van der Waals surface area contributed by atoms with Gasteiger partial charge in [-0.3, -0.25) is 0 Å². The molecule has 0 heterocycles. The van der Waals surface area contributed by atoms with Gasteiger partial charge in [-0.1, -0.05) is 12.2 Å². The molecule has 0 saturated carbocycles. The Balaban J connectivity index is 2.19. The molecular weight excluding hydrogens is 250 g/mol. The number of thiocarbonyl (C=S) groups is 1. The monoisotopic (exact) mass is 261 g/mol. The van der Waals surface area contributed by atoms with Crippen LogP contribution in [0.1, 0.15) is 5.56 Å². The quantitative estimate of drug-likeness (QED) is 0.494. The minimum atomic E-state index is -0.0914. The summed E-state index contributed by atoms with van der Waals surface area (Å²) < 4.78 is 0. The molecule has 0 spiro atoms. The SMILES string of the molecule is Oc1ccc(NC(=S)c2ccc(O)cc2O)cc1. The first-order chi connectivity index (χ1) is 8.56. The molecule has 4 N–H and O–H groups in total. The van der Waals surface area contributed by atoms with Gasteiger partial charge in [-0.2, -0.15) is 0 Å². The van der Waals surface area contributed by atoms with Crippen molar-refractivity contribution in [1.82, 2.24) is 0 Å². The van der Waals surface area contributed by atoms with Crippen LogP contribution in [0.5, 0.6) is 17.2 Å². The molecule has 2 aromatic carbocycles. The molecular formula is C13H11NO3S. The largest absolute Gasteiger partial charge is 0.508 e. The Labute approximate surface area is 109 Å². The van der Waals surface area contributed by atoms with E-state index in [1.807, 2.05) is 0 Å². The van der Waals surface area contributed by atoms with E-state index in [0.717, 1.165) is 0 Å². The summed E-state index contributed by atoms with van der Waals surface area (Å²) in [5, 5.41) is 30.9. The number of phenolic OH excluding ortho intramolecular Hbond substituents is 3.